The molecular formula is C11H13NO3S. The van der Waals surface area contributed by atoms with Crippen LogP contribution >= 0.6 is 11.3 Å². The van der Waals surface area contributed by atoms with Crippen LogP contribution in [0.1, 0.15) is 24.4 Å². The number of rotatable bonds is 2. The molecule has 86 valence electrons. The lowest BCUT2D eigenvalue weighted by molar-refractivity contribution is -0.150. The molecule has 0 spiro atoms. The molecule has 0 aromatic carbocycles. The van der Waals surface area contributed by atoms with Crippen LogP contribution < -0.4 is 0 Å². The highest BCUT2D eigenvalue weighted by molar-refractivity contribution is 7.08. The van der Waals surface area contributed by atoms with Gasteiger partial charge in [0.1, 0.15) is 0 Å². The number of piperidine rings is 1. The third-order valence-corrected chi connectivity index (χ3v) is 3.76. The summed E-state index contributed by atoms with van der Waals surface area (Å²) in [7, 11) is 1.68. The summed E-state index contributed by atoms with van der Waals surface area (Å²) < 4.78 is 0. The van der Waals surface area contributed by atoms with Crippen molar-refractivity contribution in [2.75, 3.05) is 7.05 Å². The number of likely N-dealkylation sites (tertiary alicyclic amines) is 1. The molecule has 1 fully saturated rings. The third-order valence-electron chi connectivity index (χ3n) is 3.06. The molecule has 1 saturated heterocycles. The average molecular weight is 239 g/mol. The summed E-state index contributed by atoms with van der Waals surface area (Å²) in [6.45, 7) is 0. The number of nitrogens with zero attached hydrogens (tertiary/aromatic N) is 1. The van der Waals surface area contributed by atoms with Gasteiger partial charge in [0.05, 0.1) is 12.0 Å². The van der Waals surface area contributed by atoms with Crippen molar-refractivity contribution in [1.29, 1.82) is 0 Å². The second-order valence-corrected chi connectivity index (χ2v) is 4.77. The van der Waals surface area contributed by atoms with Gasteiger partial charge in [-0.15, -0.1) is 0 Å². The number of carbonyl (C=O) groups excluding carboxylic acids is 1. The SMILES string of the molecule is CN1C(=O)CCC(C(=O)O)C1c1ccsc1. The van der Waals surface area contributed by atoms with Gasteiger partial charge in [-0.05, 0) is 28.8 Å². The van der Waals surface area contributed by atoms with E-state index in [0.717, 1.165) is 5.56 Å². The molecule has 4 nitrogen and oxygen atoms in total. The molecule has 1 N–H and O–H groups in total. The smallest absolute Gasteiger partial charge is 0.308 e. The second kappa shape index (κ2) is 4.25. The molecule has 1 aromatic heterocycles. The Balaban J connectivity index is 2.34. The van der Waals surface area contributed by atoms with E-state index in [2.05, 4.69) is 0 Å². The highest BCUT2D eigenvalue weighted by Crippen LogP contribution is 2.36. The van der Waals surface area contributed by atoms with Crippen molar-refractivity contribution in [3.8, 4) is 0 Å². The molecule has 2 unspecified atom stereocenters. The molecule has 0 saturated carbocycles. The molecule has 2 rings (SSSR count). The first-order valence-electron chi connectivity index (χ1n) is 5.12. The van der Waals surface area contributed by atoms with Gasteiger partial charge in [0, 0.05) is 13.5 Å². The van der Waals surface area contributed by atoms with E-state index in [1.54, 1.807) is 11.9 Å². The molecular weight excluding hydrogens is 226 g/mol. The minimum Gasteiger partial charge on any atom is -0.481 e. The largest absolute Gasteiger partial charge is 0.481 e. The summed E-state index contributed by atoms with van der Waals surface area (Å²) in [6, 6.07) is 1.57. The first kappa shape index (κ1) is 11.1. The molecule has 1 aliphatic rings. The van der Waals surface area contributed by atoms with Crippen LogP contribution in [0.5, 0.6) is 0 Å². The standard InChI is InChI=1S/C11H13NO3S/c1-12-9(13)3-2-8(11(14)15)10(12)7-4-5-16-6-7/h4-6,8,10H,2-3H2,1H3,(H,14,15). The number of hydrogen-bond acceptors (Lipinski definition) is 3. The summed E-state index contributed by atoms with van der Waals surface area (Å²) in [5, 5.41) is 13.0. The Morgan fingerprint density at radius 1 is 1.62 bits per heavy atom. The fourth-order valence-corrected chi connectivity index (χ4v) is 2.89. The number of carboxylic acid groups (broad SMARTS) is 1. The summed E-state index contributed by atoms with van der Waals surface area (Å²) in [5.41, 5.74) is 0.924. The van der Waals surface area contributed by atoms with Crippen LogP contribution in [-0.2, 0) is 9.59 Å². The zero-order chi connectivity index (χ0) is 11.7. The number of hydrogen-bond donors (Lipinski definition) is 1. The van der Waals surface area contributed by atoms with E-state index < -0.39 is 11.9 Å². The third kappa shape index (κ3) is 1.82. The first-order valence-corrected chi connectivity index (χ1v) is 6.06. The molecule has 2 atom stereocenters. The maximum Gasteiger partial charge on any atom is 0.308 e. The van der Waals surface area contributed by atoms with Crippen LogP contribution in [0.25, 0.3) is 0 Å². The van der Waals surface area contributed by atoms with E-state index in [4.69, 9.17) is 0 Å². The maximum atomic E-state index is 11.6. The van der Waals surface area contributed by atoms with Gasteiger partial charge in [0.2, 0.25) is 5.91 Å². The minimum absolute atomic E-state index is 0.0219. The molecule has 16 heavy (non-hydrogen) atoms. The second-order valence-electron chi connectivity index (χ2n) is 3.99. The Labute approximate surface area is 97.5 Å². The molecule has 5 heteroatoms. The lowest BCUT2D eigenvalue weighted by atomic mass is 9.86. The molecule has 2 heterocycles. The van der Waals surface area contributed by atoms with E-state index in [1.165, 1.54) is 11.3 Å². The molecule has 0 radical (unpaired) electrons. The van der Waals surface area contributed by atoms with Gasteiger partial charge in [-0.2, -0.15) is 11.3 Å². The van der Waals surface area contributed by atoms with Gasteiger partial charge in [-0.3, -0.25) is 9.59 Å². The van der Waals surface area contributed by atoms with Crippen molar-refractivity contribution in [2.45, 2.75) is 18.9 Å². The predicted molar refractivity (Wildman–Crippen MR) is 60.2 cm³/mol. The zero-order valence-corrected chi connectivity index (χ0v) is 9.74. The number of thiophene rings is 1. The van der Waals surface area contributed by atoms with Crippen molar-refractivity contribution in [3.63, 3.8) is 0 Å². The minimum atomic E-state index is -0.824. The zero-order valence-electron chi connectivity index (χ0n) is 8.92. The van der Waals surface area contributed by atoms with Gasteiger partial charge >= 0.3 is 5.97 Å². The lowest BCUT2D eigenvalue weighted by Crippen LogP contribution is -2.42. The van der Waals surface area contributed by atoms with Crippen LogP contribution in [-0.4, -0.2) is 28.9 Å². The number of aliphatic carboxylic acids is 1. The van der Waals surface area contributed by atoms with E-state index in [0.29, 0.717) is 12.8 Å². The van der Waals surface area contributed by atoms with Crippen LogP contribution in [0.4, 0.5) is 0 Å². The van der Waals surface area contributed by atoms with Crippen LogP contribution in [0.2, 0.25) is 0 Å². The predicted octanol–water partition coefficient (Wildman–Crippen LogP) is 1.74. The monoisotopic (exact) mass is 239 g/mol. The molecule has 1 aliphatic heterocycles. The molecule has 1 amide bonds. The van der Waals surface area contributed by atoms with Crippen molar-refractivity contribution in [3.05, 3.63) is 22.4 Å². The van der Waals surface area contributed by atoms with E-state index in [1.807, 2.05) is 16.8 Å². The Morgan fingerprint density at radius 2 is 2.38 bits per heavy atom. The first-order chi connectivity index (χ1) is 7.61. The molecule has 0 bridgehead atoms. The topological polar surface area (TPSA) is 57.6 Å². The van der Waals surface area contributed by atoms with Crippen LogP contribution in [0.15, 0.2) is 16.8 Å². The Morgan fingerprint density at radius 3 is 2.94 bits per heavy atom. The summed E-state index contributed by atoms with van der Waals surface area (Å²) in [4.78, 5) is 24.3. The van der Waals surface area contributed by atoms with Gasteiger partial charge in [0.15, 0.2) is 0 Å². The maximum absolute atomic E-state index is 11.6. The van der Waals surface area contributed by atoms with Crippen molar-refractivity contribution in [1.82, 2.24) is 4.90 Å². The Kier molecular flexibility index (Phi) is 2.96. The summed E-state index contributed by atoms with van der Waals surface area (Å²) in [5.74, 6) is -1.29. The van der Waals surface area contributed by atoms with Gasteiger partial charge in [0.25, 0.3) is 0 Å². The van der Waals surface area contributed by atoms with Gasteiger partial charge in [-0.1, -0.05) is 0 Å². The van der Waals surface area contributed by atoms with Crippen molar-refractivity contribution >= 4 is 23.2 Å². The van der Waals surface area contributed by atoms with Gasteiger partial charge < -0.3 is 10.0 Å². The van der Waals surface area contributed by atoms with E-state index in [-0.39, 0.29) is 11.9 Å². The highest BCUT2D eigenvalue weighted by atomic mass is 32.1. The van der Waals surface area contributed by atoms with Crippen LogP contribution in [0.3, 0.4) is 0 Å². The molecule has 0 aliphatic carbocycles. The summed E-state index contributed by atoms with van der Waals surface area (Å²) >= 11 is 1.52. The van der Waals surface area contributed by atoms with E-state index >= 15 is 0 Å². The Bertz CT molecular complexity index is 401. The highest BCUT2D eigenvalue weighted by Gasteiger charge is 2.38. The summed E-state index contributed by atoms with van der Waals surface area (Å²) in [6.07, 6.45) is 0.757. The average Bonchev–Trinajstić information content (AvgIpc) is 2.74. The quantitative estimate of drug-likeness (QED) is 0.855. The van der Waals surface area contributed by atoms with E-state index in [9.17, 15) is 14.7 Å². The number of carboxylic acids is 1. The molecule has 1 aromatic rings. The van der Waals surface area contributed by atoms with Crippen LogP contribution in [0, 0.1) is 5.92 Å². The van der Waals surface area contributed by atoms with Crippen molar-refractivity contribution in [2.24, 2.45) is 5.92 Å². The fraction of sp³-hybridized carbons (Fsp3) is 0.455. The van der Waals surface area contributed by atoms with Crippen molar-refractivity contribution < 1.29 is 14.7 Å². The lowest BCUT2D eigenvalue weighted by Gasteiger charge is -2.36. The Hall–Kier alpha value is -1.36. The fourth-order valence-electron chi connectivity index (χ4n) is 2.20. The normalized spacial score (nSPS) is 25.8. The van der Waals surface area contributed by atoms with Gasteiger partial charge in [-0.25, -0.2) is 0 Å². The number of carbonyl (C=O) groups is 2. The number of amides is 1.